The van der Waals surface area contributed by atoms with Crippen molar-refractivity contribution in [2.75, 3.05) is 6.61 Å². The summed E-state index contributed by atoms with van der Waals surface area (Å²) in [5.41, 5.74) is 7.94. The van der Waals surface area contributed by atoms with Gasteiger partial charge in [0.15, 0.2) is 6.10 Å². The van der Waals surface area contributed by atoms with Crippen LogP contribution in [0.1, 0.15) is 30.1 Å². The van der Waals surface area contributed by atoms with Gasteiger partial charge in [-0.3, -0.25) is 4.79 Å². The van der Waals surface area contributed by atoms with Crippen LogP contribution in [0.15, 0.2) is 24.3 Å². The molecule has 1 unspecified atom stereocenters. The predicted octanol–water partition coefficient (Wildman–Crippen LogP) is 0.906. The molecule has 0 saturated heterocycles. The maximum Gasteiger partial charge on any atom is 0.253 e. The molecular formula is C14H18N2O2. The Morgan fingerprint density at radius 2 is 2.11 bits per heavy atom. The Bertz CT molecular complexity index is 455. The second-order valence-corrected chi connectivity index (χ2v) is 5.14. The molecule has 1 amide bonds. The molecule has 4 nitrogen and oxygen atoms in total. The summed E-state index contributed by atoms with van der Waals surface area (Å²) in [6.45, 7) is 0.610. The van der Waals surface area contributed by atoms with Crippen LogP contribution in [0.3, 0.4) is 0 Å². The van der Waals surface area contributed by atoms with Crippen molar-refractivity contribution in [3.8, 4) is 0 Å². The highest BCUT2D eigenvalue weighted by atomic mass is 16.5. The summed E-state index contributed by atoms with van der Waals surface area (Å²) in [4.78, 5) is 12.2. The van der Waals surface area contributed by atoms with E-state index in [2.05, 4.69) is 11.4 Å². The monoisotopic (exact) mass is 246 g/mol. The van der Waals surface area contributed by atoms with E-state index in [1.165, 1.54) is 5.56 Å². The standard InChI is InChI=1S/C14H18N2O2/c15-10-7-11(8-10)16-14(17)13-12-4-2-1-3-9(12)5-6-18-13/h1-4,10-11,13H,5-8,15H2,(H,16,17). The Hall–Kier alpha value is -1.39. The van der Waals surface area contributed by atoms with Crippen molar-refractivity contribution in [2.24, 2.45) is 5.73 Å². The normalized spacial score (nSPS) is 30.2. The Kier molecular flexibility index (Phi) is 3.06. The number of amides is 1. The molecule has 1 aromatic carbocycles. The van der Waals surface area contributed by atoms with E-state index in [1.54, 1.807) is 0 Å². The van der Waals surface area contributed by atoms with E-state index in [1.807, 2.05) is 18.2 Å². The van der Waals surface area contributed by atoms with E-state index in [-0.39, 0.29) is 18.0 Å². The van der Waals surface area contributed by atoms with Crippen LogP contribution in [-0.2, 0) is 16.0 Å². The van der Waals surface area contributed by atoms with Gasteiger partial charge < -0.3 is 15.8 Å². The minimum absolute atomic E-state index is 0.0287. The van der Waals surface area contributed by atoms with Gasteiger partial charge in [0.25, 0.3) is 5.91 Å². The molecule has 1 saturated carbocycles. The fourth-order valence-corrected chi connectivity index (χ4v) is 2.67. The van der Waals surface area contributed by atoms with E-state index in [0.29, 0.717) is 6.61 Å². The van der Waals surface area contributed by atoms with Crippen LogP contribution in [0.4, 0.5) is 0 Å². The lowest BCUT2D eigenvalue weighted by atomic mass is 9.87. The van der Waals surface area contributed by atoms with Crippen molar-refractivity contribution in [2.45, 2.75) is 37.5 Å². The Morgan fingerprint density at radius 1 is 1.33 bits per heavy atom. The van der Waals surface area contributed by atoms with Gasteiger partial charge in [-0.2, -0.15) is 0 Å². The fourth-order valence-electron chi connectivity index (χ4n) is 2.67. The zero-order valence-corrected chi connectivity index (χ0v) is 10.3. The number of hydrogen-bond donors (Lipinski definition) is 2. The van der Waals surface area contributed by atoms with Crippen molar-refractivity contribution in [1.29, 1.82) is 0 Å². The minimum atomic E-state index is -0.452. The summed E-state index contributed by atoms with van der Waals surface area (Å²) in [5.74, 6) is -0.0287. The van der Waals surface area contributed by atoms with Gasteiger partial charge >= 0.3 is 0 Å². The van der Waals surface area contributed by atoms with Crippen LogP contribution in [0.2, 0.25) is 0 Å². The zero-order chi connectivity index (χ0) is 12.5. The summed E-state index contributed by atoms with van der Waals surface area (Å²) in [5, 5.41) is 3.01. The van der Waals surface area contributed by atoms with Gasteiger partial charge in [-0.05, 0) is 30.4 Å². The molecule has 0 radical (unpaired) electrons. The molecule has 1 aromatic rings. The third-order valence-corrected chi connectivity index (χ3v) is 3.75. The number of carbonyl (C=O) groups is 1. The molecule has 0 aromatic heterocycles. The predicted molar refractivity (Wildman–Crippen MR) is 68.0 cm³/mol. The Balaban J connectivity index is 1.71. The maximum absolute atomic E-state index is 12.2. The van der Waals surface area contributed by atoms with Crippen LogP contribution < -0.4 is 11.1 Å². The van der Waals surface area contributed by atoms with Crippen molar-refractivity contribution in [1.82, 2.24) is 5.32 Å². The number of fused-ring (bicyclic) bond motifs is 1. The number of benzene rings is 1. The molecule has 3 N–H and O–H groups in total. The van der Waals surface area contributed by atoms with Gasteiger partial charge in [-0.15, -0.1) is 0 Å². The van der Waals surface area contributed by atoms with Gasteiger partial charge in [-0.25, -0.2) is 0 Å². The third-order valence-electron chi connectivity index (χ3n) is 3.75. The molecule has 1 fully saturated rings. The molecule has 3 rings (SSSR count). The molecule has 1 aliphatic carbocycles. The summed E-state index contributed by atoms with van der Waals surface area (Å²) in [6.07, 6.45) is 2.18. The molecular weight excluding hydrogens is 228 g/mol. The van der Waals surface area contributed by atoms with Gasteiger partial charge in [0.05, 0.1) is 6.61 Å². The maximum atomic E-state index is 12.2. The van der Waals surface area contributed by atoms with Crippen molar-refractivity contribution in [3.63, 3.8) is 0 Å². The van der Waals surface area contributed by atoms with Crippen LogP contribution in [0.25, 0.3) is 0 Å². The molecule has 4 heteroatoms. The first-order chi connectivity index (χ1) is 8.74. The third kappa shape index (κ3) is 2.13. The summed E-state index contributed by atoms with van der Waals surface area (Å²) < 4.78 is 5.62. The lowest BCUT2D eigenvalue weighted by Gasteiger charge is -2.35. The van der Waals surface area contributed by atoms with Gasteiger partial charge in [0, 0.05) is 12.1 Å². The van der Waals surface area contributed by atoms with Crippen LogP contribution in [0.5, 0.6) is 0 Å². The number of rotatable bonds is 2. The summed E-state index contributed by atoms with van der Waals surface area (Å²) >= 11 is 0. The molecule has 1 aliphatic heterocycles. The first-order valence-electron chi connectivity index (χ1n) is 6.49. The van der Waals surface area contributed by atoms with Crippen LogP contribution in [0, 0.1) is 0 Å². The lowest BCUT2D eigenvalue weighted by molar-refractivity contribution is -0.135. The molecule has 18 heavy (non-hydrogen) atoms. The van der Waals surface area contributed by atoms with E-state index in [0.717, 1.165) is 24.8 Å². The van der Waals surface area contributed by atoms with Crippen LogP contribution in [-0.4, -0.2) is 24.6 Å². The SMILES string of the molecule is NC1CC(NC(=O)C2OCCc3ccccc32)C1. The minimum Gasteiger partial charge on any atom is -0.363 e. The topological polar surface area (TPSA) is 64.3 Å². The average Bonchev–Trinajstić information content (AvgIpc) is 2.36. The van der Waals surface area contributed by atoms with Crippen molar-refractivity contribution in [3.05, 3.63) is 35.4 Å². The smallest absolute Gasteiger partial charge is 0.253 e. The Morgan fingerprint density at radius 3 is 2.89 bits per heavy atom. The first-order valence-corrected chi connectivity index (χ1v) is 6.49. The Labute approximate surface area is 107 Å². The largest absolute Gasteiger partial charge is 0.363 e. The highest BCUT2D eigenvalue weighted by Gasteiger charge is 2.32. The fraction of sp³-hybridized carbons (Fsp3) is 0.500. The summed E-state index contributed by atoms with van der Waals surface area (Å²) in [7, 11) is 0. The van der Waals surface area contributed by atoms with Gasteiger partial charge in [0.2, 0.25) is 0 Å². The van der Waals surface area contributed by atoms with E-state index in [9.17, 15) is 4.79 Å². The van der Waals surface area contributed by atoms with E-state index in [4.69, 9.17) is 10.5 Å². The number of nitrogens with one attached hydrogen (secondary N) is 1. The second kappa shape index (κ2) is 4.71. The molecule has 1 atom stereocenters. The van der Waals surface area contributed by atoms with Crippen LogP contribution >= 0.6 is 0 Å². The summed E-state index contributed by atoms with van der Waals surface area (Å²) in [6, 6.07) is 8.47. The molecule has 0 bridgehead atoms. The number of nitrogens with two attached hydrogens (primary N) is 1. The quantitative estimate of drug-likeness (QED) is 0.815. The molecule has 96 valence electrons. The number of carbonyl (C=O) groups excluding carboxylic acids is 1. The zero-order valence-electron chi connectivity index (χ0n) is 10.3. The van der Waals surface area contributed by atoms with Gasteiger partial charge in [-0.1, -0.05) is 24.3 Å². The van der Waals surface area contributed by atoms with E-state index >= 15 is 0 Å². The van der Waals surface area contributed by atoms with E-state index < -0.39 is 6.10 Å². The van der Waals surface area contributed by atoms with Gasteiger partial charge in [0.1, 0.15) is 0 Å². The molecule has 0 spiro atoms. The molecule has 2 aliphatic rings. The highest BCUT2D eigenvalue weighted by Crippen LogP contribution is 2.28. The molecule has 1 heterocycles. The first kappa shape index (κ1) is 11.7. The lowest BCUT2D eigenvalue weighted by Crippen LogP contribution is -2.51. The number of hydrogen-bond acceptors (Lipinski definition) is 3. The average molecular weight is 246 g/mol. The van der Waals surface area contributed by atoms with Crippen molar-refractivity contribution >= 4 is 5.91 Å². The second-order valence-electron chi connectivity index (χ2n) is 5.14. The highest BCUT2D eigenvalue weighted by molar-refractivity contribution is 5.83. The number of ether oxygens (including phenoxy) is 1. The van der Waals surface area contributed by atoms with Crippen molar-refractivity contribution < 1.29 is 9.53 Å².